The molecular formula is C30H29F2N5O4. The molecule has 2 aliphatic rings. The number of halogens is 2. The van der Waals surface area contributed by atoms with Gasteiger partial charge in [-0.25, -0.2) is 13.4 Å². The number of H-pyrrole nitrogens is 1. The minimum atomic E-state index is -1.20. The first kappa shape index (κ1) is 26.7. The molecule has 1 aliphatic heterocycles. The van der Waals surface area contributed by atoms with Gasteiger partial charge < -0.3 is 20.4 Å². The van der Waals surface area contributed by atoms with Crippen LogP contribution in [0.2, 0.25) is 0 Å². The number of amides is 2. The normalized spacial score (nSPS) is 17.4. The van der Waals surface area contributed by atoms with Crippen LogP contribution in [-0.4, -0.2) is 39.8 Å². The lowest BCUT2D eigenvalue weighted by molar-refractivity contribution is -0.119. The number of anilines is 1. The van der Waals surface area contributed by atoms with E-state index in [0.717, 1.165) is 28.5 Å². The van der Waals surface area contributed by atoms with Crippen molar-refractivity contribution in [2.24, 2.45) is 5.41 Å². The molecule has 0 radical (unpaired) electrons. The molecule has 4 aromatic rings. The van der Waals surface area contributed by atoms with Crippen molar-refractivity contribution in [2.45, 2.75) is 52.0 Å². The quantitative estimate of drug-likeness (QED) is 0.285. The first-order chi connectivity index (χ1) is 19.7. The van der Waals surface area contributed by atoms with Gasteiger partial charge in [-0.2, -0.15) is 0 Å². The monoisotopic (exact) mass is 561 g/mol. The van der Waals surface area contributed by atoms with Crippen LogP contribution in [0, 0.1) is 30.9 Å². The molecule has 11 heteroatoms. The van der Waals surface area contributed by atoms with E-state index in [0.29, 0.717) is 30.6 Å². The average Bonchev–Trinajstić information content (AvgIpc) is 3.38. The van der Waals surface area contributed by atoms with Gasteiger partial charge in [0.15, 0.2) is 17.3 Å². The van der Waals surface area contributed by atoms with E-state index < -0.39 is 40.8 Å². The molecule has 1 unspecified atom stereocenters. The van der Waals surface area contributed by atoms with Gasteiger partial charge in [0.2, 0.25) is 5.91 Å². The van der Waals surface area contributed by atoms with E-state index in [9.17, 15) is 18.4 Å². The van der Waals surface area contributed by atoms with Crippen molar-refractivity contribution in [3.05, 3.63) is 82.4 Å². The Morgan fingerprint density at radius 1 is 1.15 bits per heavy atom. The van der Waals surface area contributed by atoms with Gasteiger partial charge in [0.1, 0.15) is 17.6 Å². The Kier molecular flexibility index (Phi) is 6.59. The molecule has 1 saturated carbocycles. The van der Waals surface area contributed by atoms with E-state index in [2.05, 4.69) is 25.9 Å². The van der Waals surface area contributed by atoms with Gasteiger partial charge in [-0.05, 0) is 67.6 Å². The summed E-state index contributed by atoms with van der Waals surface area (Å²) in [5.41, 5.74) is 4.62. The van der Waals surface area contributed by atoms with Crippen LogP contribution in [0.4, 0.5) is 14.5 Å². The zero-order valence-corrected chi connectivity index (χ0v) is 22.8. The smallest absolute Gasteiger partial charge is 0.276 e. The van der Waals surface area contributed by atoms with Crippen molar-refractivity contribution >= 4 is 17.5 Å². The fourth-order valence-electron chi connectivity index (χ4n) is 5.91. The lowest BCUT2D eigenvalue weighted by Crippen LogP contribution is -2.52. The highest BCUT2D eigenvalue weighted by Crippen LogP contribution is 2.61. The summed E-state index contributed by atoms with van der Waals surface area (Å²) in [4.78, 5) is 30.6. The van der Waals surface area contributed by atoms with Crippen molar-refractivity contribution in [1.29, 1.82) is 0 Å². The van der Waals surface area contributed by atoms with E-state index in [4.69, 9.17) is 9.37 Å². The summed E-state index contributed by atoms with van der Waals surface area (Å²) >= 11 is 0. The summed E-state index contributed by atoms with van der Waals surface area (Å²) in [5, 5.41) is 13.2. The van der Waals surface area contributed by atoms with Crippen LogP contribution in [0.15, 0.2) is 47.2 Å². The molecule has 1 fully saturated rings. The van der Waals surface area contributed by atoms with Crippen LogP contribution in [-0.2, 0) is 11.2 Å². The zero-order chi connectivity index (χ0) is 28.9. The van der Waals surface area contributed by atoms with Gasteiger partial charge in [0, 0.05) is 46.1 Å². The Morgan fingerprint density at radius 3 is 2.56 bits per heavy atom. The van der Waals surface area contributed by atoms with Crippen LogP contribution < -0.4 is 15.4 Å². The Bertz CT molecular complexity index is 1620. The van der Waals surface area contributed by atoms with Crippen LogP contribution in [0.25, 0.3) is 11.1 Å². The van der Waals surface area contributed by atoms with Crippen LogP contribution in [0.1, 0.15) is 58.7 Å². The molecule has 2 aromatic heterocycles. The predicted molar refractivity (Wildman–Crippen MR) is 146 cm³/mol. The molecule has 2 aromatic carbocycles. The number of rotatable bonds is 7. The highest BCUT2D eigenvalue weighted by Gasteiger charge is 2.58. The number of nitrogens with zero attached hydrogens (tertiary/aromatic N) is 2. The number of aryl methyl sites for hydroxylation is 3. The zero-order valence-electron chi connectivity index (χ0n) is 22.8. The SMILES string of the molecule is CCc1nonc1C(=O)N[C@H](C(=O)Nc1ccc(-c2c(C)c[nH]c2C)cc1)C1c2cc(F)cc(F)c2OCC12CC2. The Labute approximate surface area is 234 Å². The third-order valence-corrected chi connectivity index (χ3v) is 8.15. The van der Waals surface area contributed by atoms with Crippen LogP contribution >= 0.6 is 0 Å². The molecule has 212 valence electrons. The third kappa shape index (κ3) is 4.75. The second kappa shape index (κ2) is 10.1. The molecule has 41 heavy (non-hydrogen) atoms. The molecule has 2 amide bonds. The summed E-state index contributed by atoms with van der Waals surface area (Å²) in [6.07, 6.45) is 3.67. The number of fused-ring (bicyclic) bond motifs is 1. The fourth-order valence-corrected chi connectivity index (χ4v) is 5.91. The number of hydrogen-bond donors (Lipinski definition) is 3. The summed E-state index contributed by atoms with van der Waals surface area (Å²) < 4.78 is 39.8. The lowest BCUT2D eigenvalue weighted by atomic mass is 9.75. The van der Waals surface area contributed by atoms with E-state index in [-0.39, 0.29) is 23.6 Å². The maximum absolute atomic E-state index is 14.8. The maximum Gasteiger partial charge on any atom is 0.276 e. The number of carbonyl (C=O) groups excluding carboxylic acids is 2. The van der Waals surface area contributed by atoms with Crippen LogP contribution in [0.5, 0.6) is 5.75 Å². The molecular weight excluding hydrogens is 532 g/mol. The molecule has 0 bridgehead atoms. The summed E-state index contributed by atoms with van der Waals surface area (Å²) in [5.74, 6) is -3.72. The van der Waals surface area contributed by atoms with Gasteiger partial charge in [0.05, 0.1) is 6.61 Å². The number of benzene rings is 2. The maximum atomic E-state index is 14.8. The number of nitrogens with one attached hydrogen (secondary N) is 3. The minimum absolute atomic E-state index is 0.0468. The molecule has 3 heterocycles. The molecule has 3 N–H and O–H groups in total. The van der Waals surface area contributed by atoms with E-state index in [1.165, 1.54) is 6.07 Å². The Morgan fingerprint density at radius 2 is 1.90 bits per heavy atom. The number of aromatic amines is 1. The van der Waals surface area contributed by atoms with E-state index >= 15 is 0 Å². The number of aromatic nitrogens is 3. The van der Waals surface area contributed by atoms with E-state index in [1.807, 2.05) is 32.2 Å². The van der Waals surface area contributed by atoms with Gasteiger partial charge in [-0.3, -0.25) is 9.59 Å². The van der Waals surface area contributed by atoms with Gasteiger partial charge in [0.25, 0.3) is 5.91 Å². The first-order valence-corrected chi connectivity index (χ1v) is 13.5. The Balaban J connectivity index is 1.36. The summed E-state index contributed by atoms with van der Waals surface area (Å²) in [6, 6.07) is 8.08. The second-order valence-electron chi connectivity index (χ2n) is 10.8. The largest absolute Gasteiger partial charge is 0.490 e. The van der Waals surface area contributed by atoms with E-state index in [1.54, 1.807) is 19.1 Å². The molecule has 6 rings (SSSR count). The molecule has 1 spiro atoms. The summed E-state index contributed by atoms with van der Waals surface area (Å²) in [7, 11) is 0. The predicted octanol–water partition coefficient (Wildman–Crippen LogP) is 5.22. The highest BCUT2D eigenvalue weighted by atomic mass is 19.1. The first-order valence-electron chi connectivity index (χ1n) is 13.5. The fraction of sp³-hybridized carbons (Fsp3) is 0.333. The van der Waals surface area contributed by atoms with Crippen molar-refractivity contribution in [1.82, 2.24) is 20.6 Å². The van der Waals surface area contributed by atoms with Crippen molar-refractivity contribution < 1.29 is 27.7 Å². The average molecular weight is 562 g/mol. The third-order valence-electron chi connectivity index (χ3n) is 8.15. The van der Waals surface area contributed by atoms with Crippen LogP contribution in [0.3, 0.4) is 0 Å². The highest BCUT2D eigenvalue weighted by molar-refractivity contribution is 6.01. The van der Waals surface area contributed by atoms with Crippen molar-refractivity contribution in [2.75, 3.05) is 11.9 Å². The second-order valence-corrected chi connectivity index (χ2v) is 10.8. The van der Waals surface area contributed by atoms with Gasteiger partial charge >= 0.3 is 0 Å². The van der Waals surface area contributed by atoms with Gasteiger partial charge in [-0.15, -0.1) is 0 Å². The number of hydrogen-bond acceptors (Lipinski definition) is 6. The van der Waals surface area contributed by atoms with Crippen molar-refractivity contribution in [3.63, 3.8) is 0 Å². The molecule has 1 aliphatic carbocycles. The Hall–Kier alpha value is -4.54. The number of carbonyl (C=O) groups is 2. The summed E-state index contributed by atoms with van der Waals surface area (Å²) in [6.45, 7) is 5.94. The molecule has 9 nitrogen and oxygen atoms in total. The molecule has 0 saturated heterocycles. The standard InChI is InChI=1S/C30H29F2N5O4/c1-4-22-25(37-41-36-22)28(38)35-26(24-20-11-18(31)12-21(32)27(20)40-14-30(24)9-10-30)29(39)34-19-7-5-17(6-8-19)23-15(2)13-33-16(23)3/h5-8,11-13,24,26,33H,4,9-10,14H2,1-3H3,(H,34,39)(H,35,38)/t24?,26-/m0/s1. The van der Waals surface area contributed by atoms with Gasteiger partial charge in [-0.1, -0.05) is 24.2 Å². The van der Waals surface area contributed by atoms with Crippen molar-refractivity contribution in [3.8, 4) is 16.9 Å². The lowest BCUT2D eigenvalue weighted by Gasteiger charge is -2.38. The minimum Gasteiger partial charge on any atom is -0.490 e. The number of ether oxygens (including phenoxy) is 1. The topological polar surface area (TPSA) is 122 Å². The molecule has 2 atom stereocenters.